The van der Waals surface area contributed by atoms with Crippen LogP contribution in [0.2, 0.25) is 0 Å². The van der Waals surface area contributed by atoms with Crippen molar-refractivity contribution in [2.24, 2.45) is 9.98 Å². The number of aliphatic imine (C=N–C) groups is 2. The fraction of sp³-hybridized carbons (Fsp3) is 0.114. The number of para-hydroxylation sites is 6. The lowest BCUT2D eigenvalue weighted by atomic mass is 10.2. The first kappa shape index (κ1) is 26.8. The van der Waals surface area contributed by atoms with Crippen LogP contribution >= 0.6 is 0 Å². The first-order valence-electron chi connectivity index (χ1n) is 13.7. The summed E-state index contributed by atoms with van der Waals surface area (Å²) in [4.78, 5) is 14.2. The van der Waals surface area contributed by atoms with Crippen LogP contribution in [0.5, 0.6) is 23.0 Å². The molecule has 4 aromatic carbocycles. The van der Waals surface area contributed by atoms with E-state index in [4.69, 9.17) is 33.9 Å². The predicted molar refractivity (Wildman–Crippen MR) is 164 cm³/mol. The first-order valence-corrected chi connectivity index (χ1v) is 13.7. The summed E-state index contributed by atoms with van der Waals surface area (Å²) < 4.78 is 24.4. The second-order valence-electron chi connectivity index (χ2n) is 9.42. The molecule has 208 valence electrons. The molecule has 0 unspecified atom stereocenters. The highest BCUT2D eigenvalue weighted by Gasteiger charge is 2.08. The maximum absolute atomic E-state index is 6.17. The molecule has 2 bridgehead atoms. The van der Waals surface area contributed by atoms with Gasteiger partial charge >= 0.3 is 0 Å². The van der Waals surface area contributed by atoms with Crippen molar-refractivity contribution in [2.75, 3.05) is 13.2 Å². The summed E-state index contributed by atoms with van der Waals surface area (Å²) >= 11 is 0. The van der Waals surface area contributed by atoms with Crippen LogP contribution in [0.25, 0.3) is 0 Å². The Labute approximate surface area is 244 Å². The van der Waals surface area contributed by atoms with Crippen LogP contribution in [-0.4, -0.2) is 30.6 Å². The maximum atomic E-state index is 6.17. The van der Waals surface area contributed by atoms with Crippen LogP contribution in [0, 0.1) is 0 Å². The van der Waals surface area contributed by atoms with Gasteiger partial charge in [-0.15, -0.1) is 0 Å². The van der Waals surface area contributed by atoms with Crippen LogP contribution in [0.15, 0.2) is 125 Å². The third-order valence-corrected chi connectivity index (χ3v) is 6.47. The van der Waals surface area contributed by atoms with Crippen molar-refractivity contribution in [3.05, 3.63) is 138 Å². The van der Waals surface area contributed by atoms with Crippen molar-refractivity contribution in [1.82, 2.24) is 4.98 Å². The summed E-state index contributed by atoms with van der Waals surface area (Å²) in [5.41, 5.74) is 4.72. The highest BCUT2D eigenvalue weighted by atomic mass is 16.5. The quantitative estimate of drug-likeness (QED) is 0.198. The van der Waals surface area contributed by atoms with Crippen LogP contribution in [0.1, 0.15) is 22.5 Å². The van der Waals surface area contributed by atoms with Gasteiger partial charge in [0.15, 0.2) is 0 Å². The fourth-order valence-corrected chi connectivity index (χ4v) is 4.38. The molecule has 2 heterocycles. The van der Waals surface area contributed by atoms with Gasteiger partial charge in [-0.1, -0.05) is 54.6 Å². The Morgan fingerprint density at radius 1 is 0.405 bits per heavy atom. The van der Waals surface area contributed by atoms with E-state index >= 15 is 0 Å². The molecule has 0 amide bonds. The summed E-state index contributed by atoms with van der Waals surface area (Å²) in [5, 5.41) is 0. The minimum atomic E-state index is 0.307. The Morgan fingerprint density at radius 3 is 1.33 bits per heavy atom. The van der Waals surface area contributed by atoms with Gasteiger partial charge in [-0.3, -0.25) is 15.0 Å². The number of ether oxygens (including phenoxy) is 4. The number of nitrogens with zero attached hydrogens (tertiary/aromatic N) is 3. The van der Waals surface area contributed by atoms with Crippen molar-refractivity contribution in [2.45, 2.75) is 13.2 Å². The molecule has 1 aliphatic heterocycles. The highest BCUT2D eigenvalue weighted by molar-refractivity contribution is 5.86. The van der Waals surface area contributed by atoms with Crippen molar-refractivity contribution < 1.29 is 18.9 Å². The lowest BCUT2D eigenvalue weighted by molar-refractivity contribution is 0.218. The number of rotatable bonds is 0. The Bertz CT molecular complexity index is 1590. The van der Waals surface area contributed by atoms with E-state index in [1.54, 1.807) is 12.4 Å². The van der Waals surface area contributed by atoms with Crippen molar-refractivity contribution in [3.8, 4) is 23.0 Å². The Morgan fingerprint density at radius 2 is 0.833 bits per heavy atom. The smallest absolute Gasteiger partial charge is 0.145 e. The number of pyridine rings is 1. The average molecular weight is 556 g/mol. The molecule has 0 spiro atoms. The van der Waals surface area contributed by atoms with Crippen LogP contribution < -0.4 is 18.9 Å². The van der Waals surface area contributed by atoms with Crippen LogP contribution in [0.4, 0.5) is 11.4 Å². The molecule has 0 atom stereocenters. The molecule has 0 N–H and O–H groups in total. The van der Waals surface area contributed by atoms with E-state index in [1.807, 2.05) is 115 Å². The molecule has 0 fully saturated rings. The zero-order valence-electron chi connectivity index (χ0n) is 22.9. The van der Waals surface area contributed by atoms with Gasteiger partial charge < -0.3 is 18.9 Å². The zero-order valence-corrected chi connectivity index (χ0v) is 22.9. The molecular formula is C35H29N3O4. The lowest BCUT2D eigenvalue weighted by Gasteiger charge is -2.12. The van der Waals surface area contributed by atoms with Gasteiger partial charge in [0.2, 0.25) is 0 Å². The predicted octanol–water partition coefficient (Wildman–Crippen LogP) is 7.51. The van der Waals surface area contributed by atoms with E-state index < -0.39 is 0 Å². The SMILES string of the molecule is C1=Nc2ccccc2OCCOc2ccccc2N=Cc2ccccc2OCc2cccc(n2)COc2ccccc21. The lowest BCUT2D eigenvalue weighted by Crippen LogP contribution is -2.09. The normalized spacial score (nSPS) is 13.4. The van der Waals surface area contributed by atoms with Gasteiger partial charge in [-0.2, -0.15) is 0 Å². The molecule has 6 rings (SSSR count). The Balaban J connectivity index is 1.32. The molecule has 0 saturated carbocycles. The summed E-state index contributed by atoms with van der Waals surface area (Å²) in [6, 6.07) is 36.7. The molecule has 0 radical (unpaired) electrons. The van der Waals surface area contributed by atoms with E-state index in [1.165, 1.54) is 0 Å². The summed E-state index contributed by atoms with van der Waals surface area (Å²) in [6.07, 6.45) is 3.57. The van der Waals surface area contributed by atoms with Crippen molar-refractivity contribution >= 4 is 23.8 Å². The van der Waals surface area contributed by atoms with E-state index in [2.05, 4.69) is 0 Å². The monoisotopic (exact) mass is 555 g/mol. The largest absolute Gasteiger partial charge is 0.488 e. The standard InChI is InChI=1S/C35H29N3O4/c1-5-16-32-26(10-1)22-36-30-14-3-7-18-34(30)39-20-21-40-35-19-8-4-15-31(35)37-23-27-11-2-6-17-33(27)42-25-29-13-9-12-28(38-29)24-41-32/h1-19,22-23H,20-21,24-25H2. The van der Waals surface area contributed by atoms with E-state index in [0.717, 1.165) is 22.5 Å². The number of hydrogen-bond acceptors (Lipinski definition) is 7. The minimum Gasteiger partial charge on any atom is -0.488 e. The summed E-state index contributed by atoms with van der Waals surface area (Å²) in [6.45, 7) is 1.29. The van der Waals surface area contributed by atoms with E-state index in [9.17, 15) is 0 Å². The number of hydrogen-bond donors (Lipinski definition) is 0. The van der Waals surface area contributed by atoms with Crippen LogP contribution in [-0.2, 0) is 13.2 Å². The van der Waals surface area contributed by atoms with Gasteiger partial charge in [-0.05, 0) is 60.7 Å². The molecule has 7 heteroatoms. The van der Waals surface area contributed by atoms with Gasteiger partial charge in [0.1, 0.15) is 60.8 Å². The molecule has 1 aliphatic rings. The topological polar surface area (TPSA) is 74.5 Å². The summed E-state index contributed by atoms with van der Waals surface area (Å²) in [7, 11) is 0. The molecule has 5 aromatic rings. The second-order valence-corrected chi connectivity index (χ2v) is 9.42. The average Bonchev–Trinajstić information content (AvgIpc) is 3.04. The number of benzene rings is 4. The molecule has 7 nitrogen and oxygen atoms in total. The molecule has 0 aliphatic carbocycles. The van der Waals surface area contributed by atoms with Gasteiger partial charge in [0.25, 0.3) is 0 Å². The van der Waals surface area contributed by atoms with E-state index in [-0.39, 0.29) is 0 Å². The summed E-state index contributed by atoms with van der Waals surface area (Å²) in [5.74, 6) is 2.75. The minimum absolute atomic E-state index is 0.307. The number of aromatic nitrogens is 1. The van der Waals surface area contributed by atoms with Crippen LogP contribution in [0.3, 0.4) is 0 Å². The van der Waals surface area contributed by atoms with Crippen molar-refractivity contribution in [3.63, 3.8) is 0 Å². The van der Waals surface area contributed by atoms with Crippen molar-refractivity contribution in [1.29, 1.82) is 0 Å². The molecular weight excluding hydrogens is 526 g/mol. The molecule has 0 saturated heterocycles. The molecule has 42 heavy (non-hydrogen) atoms. The highest BCUT2D eigenvalue weighted by Crippen LogP contribution is 2.30. The second kappa shape index (κ2) is 13.3. The fourth-order valence-electron chi connectivity index (χ4n) is 4.38. The number of fused-ring (bicyclic) bond motifs is 6. The first-order chi connectivity index (χ1) is 20.8. The van der Waals surface area contributed by atoms with E-state index in [0.29, 0.717) is 60.8 Å². The third-order valence-electron chi connectivity index (χ3n) is 6.47. The van der Waals surface area contributed by atoms with Gasteiger partial charge in [0, 0.05) is 23.6 Å². The third kappa shape index (κ3) is 6.82. The van der Waals surface area contributed by atoms with Gasteiger partial charge in [0.05, 0.1) is 11.4 Å². The van der Waals surface area contributed by atoms with Gasteiger partial charge in [-0.25, -0.2) is 0 Å². The maximum Gasteiger partial charge on any atom is 0.145 e. The molecule has 1 aromatic heterocycles. The zero-order chi connectivity index (χ0) is 28.4. The Kier molecular flexibility index (Phi) is 8.47. The Hall–Kier alpha value is -5.43.